The molecule has 0 saturated heterocycles. The van der Waals surface area contributed by atoms with E-state index in [4.69, 9.17) is 5.11 Å². The van der Waals surface area contributed by atoms with Gasteiger partial charge in [-0.1, -0.05) is 24.3 Å². The van der Waals surface area contributed by atoms with Gasteiger partial charge in [0.15, 0.2) is 0 Å². The average Bonchev–Trinajstić information content (AvgIpc) is 2.42. The second-order valence-corrected chi connectivity index (χ2v) is 5.50. The van der Waals surface area contributed by atoms with Crippen LogP contribution in [-0.4, -0.2) is 34.8 Å². The molecule has 0 bridgehead atoms. The number of hydrogen-bond acceptors (Lipinski definition) is 3. The third-order valence-electron chi connectivity index (χ3n) is 2.66. The van der Waals surface area contributed by atoms with Crippen LogP contribution in [0.4, 0.5) is 0 Å². The van der Waals surface area contributed by atoms with Crippen LogP contribution in [0.15, 0.2) is 41.3 Å². The minimum absolute atomic E-state index is 0.0477. The van der Waals surface area contributed by atoms with Gasteiger partial charge in [-0.05, 0) is 31.5 Å². The molecule has 0 saturated carbocycles. The largest absolute Gasteiger partial charge is 0.392 e. The van der Waals surface area contributed by atoms with Crippen molar-refractivity contribution in [2.75, 3.05) is 18.8 Å². The lowest BCUT2D eigenvalue weighted by molar-refractivity contribution is -0.127. The standard InChI is InChI=1S/C15H21NO2S/c1-4-16(9-12(2)3)15(18)11-19-14-7-5-13(10-17)6-8-14/h5-8,17H,2,4,9-11H2,1,3H3. The van der Waals surface area contributed by atoms with Crippen molar-refractivity contribution >= 4 is 17.7 Å². The van der Waals surface area contributed by atoms with Crippen molar-refractivity contribution < 1.29 is 9.90 Å². The molecule has 0 aliphatic heterocycles. The number of benzene rings is 1. The third-order valence-corrected chi connectivity index (χ3v) is 3.66. The van der Waals surface area contributed by atoms with Crippen LogP contribution in [0.1, 0.15) is 19.4 Å². The molecule has 0 radical (unpaired) electrons. The SMILES string of the molecule is C=C(C)CN(CC)C(=O)CSc1ccc(CO)cc1. The van der Waals surface area contributed by atoms with Crippen molar-refractivity contribution in [2.45, 2.75) is 25.3 Å². The number of likely N-dealkylation sites (N-methyl/N-ethyl adjacent to an activating group) is 1. The van der Waals surface area contributed by atoms with Gasteiger partial charge in [-0.2, -0.15) is 0 Å². The van der Waals surface area contributed by atoms with Crippen LogP contribution in [0.25, 0.3) is 0 Å². The van der Waals surface area contributed by atoms with Crippen molar-refractivity contribution in [3.63, 3.8) is 0 Å². The molecule has 0 heterocycles. The summed E-state index contributed by atoms with van der Waals surface area (Å²) in [4.78, 5) is 14.9. The topological polar surface area (TPSA) is 40.5 Å². The van der Waals surface area contributed by atoms with Crippen molar-refractivity contribution in [3.05, 3.63) is 42.0 Å². The Labute approximate surface area is 119 Å². The monoisotopic (exact) mass is 279 g/mol. The molecule has 0 aliphatic rings. The molecule has 4 heteroatoms. The summed E-state index contributed by atoms with van der Waals surface area (Å²) in [6.45, 7) is 9.12. The Hall–Kier alpha value is -1.26. The zero-order valence-corrected chi connectivity index (χ0v) is 12.4. The minimum Gasteiger partial charge on any atom is -0.392 e. The lowest BCUT2D eigenvalue weighted by Crippen LogP contribution is -2.33. The van der Waals surface area contributed by atoms with E-state index in [0.717, 1.165) is 16.0 Å². The number of aliphatic hydroxyl groups excluding tert-OH is 1. The van der Waals surface area contributed by atoms with Gasteiger partial charge in [0, 0.05) is 18.0 Å². The first kappa shape index (κ1) is 15.8. The van der Waals surface area contributed by atoms with Gasteiger partial charge < -0.3 is 10.0 Å². The highest BCUT2D eigenvalue weighted by Crippen LogP contribution is 2.19. The first-order chi connectivity index (χ1) is 9.06. The van der Waals surface area contributed by atoms with E-state index < -0.39 is 0 Å². The summed E-state index contributed by atoms with van der Waals surface area (Å²) in [6, 6.07) is 7.60. The van der Waals surface area contributed by atoms with Crippen molar-refractivity contribution in [3.8, 4) is 0 Å². The molecule has 3 nitrogen and oxygen atoms in total. The fraction of sp³-hybridized carbons (Fsp3) is 0.400. The summed E-state index contributed by atoms with van der Waals surface area (Å²) in [6.07, 6.45) is 0. The lowest BCUT2D eigenvalue weighted by Gasteiger charge is -2.20. The number of hydrogen-bond donors (Lipinski definition) is 1. The zero-order valence-electron chi connectivity index (χ0n) is 11.6. The Bertz CT molecular complexity index is 428. The summed E-state index contributed by atoms with van der Waals surface area (Å²) in [5.74, 6) is 0.557. The number of rotatable bonds is 7. The molecule has 104 valence electrons. The van der Waals surface area contributed by atoms with Crippen LogP contribution in [0.2, 0.25) is 0 Å². The van der Waals surface area contributed by atoms with Crippen molar-refractivity contribution in [1.29, 1.82) is 0 Å². The van der Waals surface area contributed by atoms with Gasteiger partial charge >= 0.3 is 0 Å². The highest BCUT2D eigenvalue weighted by atomic mass is 32.2. The Kier molecular flexibility index (Phi) is 6.67. The molecule has 1 rings (SSSR count). The predicted molar refractivity (Wildman–Crippen MR) is 80.2 cm³/mol. The predicted octanol–water partition coefficient (Wildman–Crippen LogP) is 2.70. The quantitative estimate of drug-likeness (QED) is 0.616. The fourth-order valence-electron chi connectivity index (χ4n) is 1.63. The molecule has 0 aliphatic carbocycles. The van der Waals surface area contributed by atoms with E-state index in [0.29, 0.717) is 18.8 Å². The first-order valence-electron chi connectivity index (χ1n) is 6.31. The Balaban J connectivity index is 2.49. The van der Waals surface area contributed by atoms with E-state index in [-0.39, 0.29) is 12.5 Å². The summed E-state index contributed by atoms with van der Waals surface area (Å²) in [7, 11) is 0. The van der Waals surface area contributed by atoms with Crippen LogP contribution < -0.4 is 0 Å². The van der Waals surface area contributed by atoms with Crippen LogP contribution >= 0.6 is 11.8 Å². The lowest BCUT2D eigenvalue weighted by atomic mass is 10.2. The van der Waals surface area contributed by atoms with Crippen LogP contribution in [0, 0.1) is 0 Å². The number of aliphatic hydroxyl groups is 1. The second kappa shape index (κ2) is 8.02. The smallest absolute Gasteiger partial charge is 0.233 e. The van der Waals surface area contributed by atoms with Crippen LogP contribution in [-0.2, 0) is 11.4 Å². The van der Waals surface area contributed by atoms with Gasteiger partial charge in [-0.3, -0.25) is 4.79 Å². The normalized spacial score (nSPS) is 10.3. The number of thioether (sulfide) groups is 1. The van der Waals surface area contributed by atoms with Gasteiger partial charge in [0.2, 0.25) is 5.91 Å². The van der Waals surface area contributed by atoms with E-state index in [2.05, 4.69) is 6.58 Å². The molecule has 0 fully saturated rings. The van der Waals surface area contributed by atoms with Crippen LogP contribution in [0.5, 0.6) is 0 Å². The van der Waals surface area contributed by atoms with Crippen molar-refractivity contribution in [2.24, 2.45) is 0 Å². The maximum atomic E-state index is 12.0. The van der Waals surface area contributed by atoms with E-state index in [1.54, 1.807) is 4.90 Å². The molecule has 0 atom stereocenters. The molecule has 1 aromatic rings. The molecule has 1 amide bonds. The molecule has 19 heavy (non-hydrogen) atoms. The summed E-state index contributed by atoms with van der Waals surface area (Å²) in [5.41, 5.74) is 1.88. The first-order valence-corrected chi connectivity index (χ1v) is 7.30. The molecule has 0 aromatic heterocycles. The fourth-order valence-corrected chi connectivity index (χ4v) is 2.43. The molecule has 1 N–H and O–H groups in total. The van der Waals surface area contributed by atoms with E-state index >= 15 is 0 Å². The molecule has 0 unspecified atom stereocenters. The van der Waals surface area contributed by atoms with Gasteiger partial charge in [-0.25, -0.2) is 0 Å². The number of carbonyl (C=O) groups is 1. The maximum Gasteiger partial charge on any atom is 0.233 e. The second-order valence-electron chi connectivity index (χ2n) is 4.46. The number of carbonyl (C=O) groups excluding carboxylic acids is 1. The average molecular weight is 279 g/mol. The minimum atomic E-state index is 0.0477. The zero-order chi connectivity index (χ0) is 14.3. The number of amides is 1. The van der Waals surface area contributed by atoms with E-state index in [1.807, 2.05) is 38.1 Å². The summed E-state index contributed by atoms with van der Waals surface area (Å²) < 4.78 is 0. The Morgan fingerprint density at radius 3 is 2.47 bits per heavy atom. The Morgan fingerprint density at radius 1 is 1.37 bits per heavy atom. The van der Waals surface area contributed by atoms with Gasteiger partial charge in [-0.15, -0.1) is 11.8 Å². The van der Waals surface area contributed by atoms with Gasteiger partial charge in [0.05, 0.1) is 12.4 Å². The molecule has 1 aromatic carbocycles. The van der Waals surface area contributed by atoms with E-state index in [1.165, 1.54) is 11.8 Å². The van der Waals surface area contributed by atoms with E-state index in [9.17, 15) is 4.79 Å². The molecule has 0 spiro atoms. The highest BCUT2D eigenvalue weighted by Gasteiger charge is 2.11. The highest BCUT2D eigenvalue weighted by molar-refractivity contribution is 8.00. The summed E-state index contributed by atoms with van der Waals surface area (Å²) >= 11 is 1.52. The number of nitrogens with zero attached hydrogens (tertiary/aromatic N) is 1. The summed E-state index contributed by atoms with van der Waals surface area (Å²) in [5, 5.41) is 8.96. The maximum absolute atomic E-state index is 12.0. The van der Waals surface area contributed by atoms with Crippen LogP contribution in [0.3, 0.4) is 0 Å². The Morgan fingerprint density at radius 2 is 2.00 bits per heavy atom. The molecular formula is C15H21NO2S. The van der Waals surface area contributed by atoms with Gasteiger partial charge in [0.1, 0.15) is 0 Å². The third kappa shape index (κ3) is 5.49. The van der Waals surface area contributed by atoms with Crippen molar-refractivity contribution in [1.82, 2.24) is 4.90 Å². The molecular weight excluding hydrogens is 258 g/mol. The van der Waals surface area contributed by atoms with Gasteiger partial charge in [0.25, 0.3) is 0 Å².